The summed E-state index contributed by atoms with van der Waals surface area (Å²) in [6.45, 7) is 8.68. The van der Waals surface area contributed by atoms with E-state index in [4.69, 9.17) is 14.9 Å². The number of benzene rings is 1. The number of amides is 2. The van der Waals surface area contributed by atoms with E-state index in [1.54, 1.807) is 23.1 Å². The van der Waals surface area contributed by atoms with Gasteiger partial charge in [0.15, 0.2) is 0 Å². The lowest BCUT2D eigenvalue weighted by Gasteiger charge is -2.22. The van der Waals surface area contributed by atoms with Crippen molar-refractivity contribution in [2.75, 3.05) is 32.8 Å². The van der Waals surface area contributed by atoms with Gasteiger partial charge in [-0.25, -0.2) is 4.98 Å². The molecule has 0 saturated heterocycles. The van der Waals surface area contributed by atoms with E-state index in [1.807, 2.05) is 20.8 Å². The van der Waals surface area contributed by atoms with Crippen LogP contribution in [0.5, 0.6) is 0 Å². The van der Waals surface area contributed by atoms with Gasteiger partial charge in [-0.2, -0.15) is 0 Å². The molecule has 0 aliphatic carbocycles. The molecule has 3 N–H and O–H groups in total. The molecule has 0 fully saturated rings. The second-order valence-electron chi connectivity index (χ2n) is 7.47. The van der Waals surface area contributed by atoms with Crippen molar-refractivity contribution in [3.05, 3.63) is 41.8 Å². The van der Waals surface area contributed by atoms with Crippen molar-refractivity contribution in [1.29, 1.82) is 0 Å². The van der Waals surface area contributed by atoms with Crippen LogP contribution in [-0.4, -0.2) is 60.6 Å². The number of rotatable bonds is 13. The second-order valence-corrected chi connectivity index (χ2v) is 7.47. The molecule has 8 heteroatoms. The summed E-state index contributed by atoms with van der Waals surface area (Å²) in [7, 11) is 0. The van der Waals surface area contributed by atoms with Gasteiger partial charge in [0.2, 0.25) is 5.89 Å². The highest BCUT2D eigenvalue weighted by molar-refractivity contribution is 6.01. The van der Waals surface area contributed by atoms with Gasteiger partial charge in [0.25, 0.3) is 11.8 Å². The Labute approximate surface area is 184 Å². The highest BCUT2D eigenvalue weighted by Gasteiger charge is 2.19. The molecule has 170 valence electrons. The van der Waals surface area contributed by atoms with Crippen molar-refractivity contribution in [2.24, 2.45) is 5.73 Å². The Kier molecular flexibility index (Phi) is 10.2. The highest BCUT2D eigenvalue weighted by Crippen LogP contribution is 2.22. The number of carbonyl (C=O) groups is 2. The Bertz CT molecular complexity index is 817. The fraction of sp³-hybridized carbons (Fsp3) is 0.522. The molecule has 2 aromatic rings. The SMILES string of the molecule is CCCOCC(N)CNC(=O)c1cc(C(=O)N(CCC)CCC)cc(-c2ncco2)c1. The van der Waals surface area contributed by atoms with Crippen molar-refractivity contribution in [3.8, 4) is 11.5 Å². The number of hydrogen-bond donors (Lipinski definition) is 2. The summed E-state index contributed by atoms with van der Waals surface area (Å²) >= 11 is 0. The number of oxazole rings is 1. The van der Waals surface area contributed by atoms with Crippen LogP contribution in [0.1, 0.15) is 60.7 Å². The molecule has 0 saturated carbocycles. The van der Waals surface area contributed by atoms with Crippen molar-refractivity contribution < 1.29 is 18.7 Å². The van der Waals surface area contributed by atoms with Crippen molar-refractivity contribution in [2.45, 2.75) is 46.1 Å². The molecule has 1 aromatic carbocycles. The largest absolute Gasteiger partial charge is 0.445 e. The van der Waals surface area contributed by atoms with Crippen LogP contribution in [0, 0.1) is 0 Å². The molecule has 1 unspecified atom stereocenters. The zero-order chi connectivity index (χ0) is 22.6. The zero-order valence-electron chi connectivity index (χ0n) is 18.7. The third kappa shape index (κ3) is 7.48. The number of ether oxygens (including phenoxy) is 1. The fourth-order valence-electron chi connectivity index (χ4n) is 3.17. The first kappa shape index (κ1) is 24.6. The number of nitrogens with one attached hydrogen (secondary N) is 1. The maximum absolute atomic E-state index is 13.1. The van der Waals surface area contributed by atoms with Gasteiger partial charge in [0.1, 0.15) is 6.26 Å². The second kappa shape index (κ2) is 12.9. The van der Waals surface area contributed by atoms with Gasteiger partial charge in [-0.1, -0.05) is 20.8 Å². The zero-order valence-corrected chi connectivity index (χ0v) is 18.7. The van der Waals surface area contributed by atoms with Gasteiger partial charge < -0.3 is 25.1 Å². The first-order valence-electron chi connectivity index (χ1n) is 11.0. The van der Waals surface area contributed by atoms with E-state index in [0.29, 0.717) is 48.9 Å². The Balaban J connectivity index is 2.23. The average molecular weight is 431 g/mol. The smallest absolute Gasteiger partial charge is 0.253 e. The molecule has 8 nitrogen and oxygen atoms in total. The first-order valence-corrected chi connectivity index (χ1v) is 11.0. The lowest BCUT2D eigenvalue weighted by atomic mass is 10.0. The van der Waals surface area contributed by atoms with Crippen LogP contribution in [0.2, 0.25) is 0 Å². The molecular weight excluding hydrogens is 396 g/mol. The molecule has 0 radical (unpaired) electrons. The molecule has 0 spiro atoms. The standard InChI is InChI=1S/C23H34N4O4/c1-4-8-27(9-5-2)23(29)19-13-17(12-18(14-19)22-25-7-11-31-22)21(28)26-15-20(24)16-30-10-6-3/h7,11-14,20H,4-6,8-10,15-16,24H2,1-3H3,(H,26,28). The molecule has 1 atom stereocenters. The van der Waals surface area contributed by atoms with Gasteiger partial charge in [-0.3, -0.25) is 9.59 Å². The summed E-state index contributed by atoms with van der Waals surface area (Å²) < 4.78 is 10.8. The molecule has 2 rings (SSSR count). The molecule has 0 bridgehead atoms. The van der Waals surface area contributed by atoms with E-state index < -0.39 is 0 Å². The summed E-state index contributed by atoms with van der Waals surface area (Å²) in [5.74, 6) is -0.0762. The molecular formula is C23H34N4O4. The van der Waals surface area contributed by atoms with Gasteiger partial charge >= 0.3 is 0 Å². The average Bonchev–Trinajstić information content (AvgIpc) is 3.32. The van der Waals surface area contributed by atoms with Crippen LogP contribution in [0.3, 0.4) is 0 Å². The lowest BCUT2D eigenvalue weighted by Crippen LogP contribution is -2.40. The number of aromatic nitrogens is 1. The molecule has 31 heavy (non-hydrogen) atoms. The van der Waals surface area contributed by atoms with Gasteiger partial charge in [-0.05, 0) is 37.5 Å². The van der Waals surface area contributed by atoms with Crippen molar-refractivity contribution in [1.82, 2.24) is 15.2 Å². The van der Waals surface area contributed by atoms with Crippen LogP contribution >= 0.6 is 0 Å². The van der Waals surface area contributed by atoms with Gasteiger partial charge in [0.05, 0.1) is 12.8 Å². The predicted molar refractivity (Wildman–Crippen MR) is 120 cm³/mol. The lowest BCUT2D eigenvalue weighted by molar-refractivity contribution is 0.0755. The number of carbonyl (C=O) groups excluding carboxylic acids is 2. The van der Waals surface area contributed by atoms with Crippen LogP contribution in [0.25, 0.3) is 11.5 Å². The summed E-state index contributed by atoms with van der Waals surface area (Å²) in [5, 5.41) is 2.82. The summed E-state index contributed by atoms with van der Waals surface area (Å²) in [4.78, 5) is 31.9. The molecule has 1 aromatic heterocycles. The summed E-state index contributed by atoms with van der Waals surface area (Å²) in [6.07, 6.45) is 5.61. The Morgan fingerprint density at radius 1 is 1.13 bits per heavy atom. The number of nitrogens with zero attached hydrogens (tertiary/aromatic N) is 2. The third-order valence-corrected chi connectivity index (χ3v) is 4.60. The van der Waals surface area contributed by atoms with E-state index >= 15 is 0 Å². The molecule has 0 aliphatic heterocycles. The molecule has 0 aliphatic rings. The van der Waals surface area contributed by atoms with E-state index in [1.165, 1.54) is 12.5 Å². The predicted octanol–water partition coefficient (Wildman–Crippen LogP) is 3.09. The van der Waals surface area contributed by atoms with Gasteiger partial charge in [0, 0.05) is 49.0 Å². The Hall–Kier alpha value is -2.71. The van der Waals surface area contributed by atoms with Crippen LogP contribution < -0.4 is 11.1 Å². The minimum atomic E-state index is -0.314. The van der Waals surface area contributed by atoms with Crippen LogP contribution in [0.15, 0.2) is 35.1 Å². The van der Waals surface area contributed by atoms with Crippen molar-refractivity contribution >= 4 is 11.8 Å². The number of nitrogens with two attached hydrogens (primary N) is 1. The topological polar surface area (TPSA) is 111 Å². The quantitative estimate of drug-likeness (QED) is 0.473. The first-order chi connectivity index (χ1) is 15.0. The maximum atomic E-state index is 13.1. The molecule has 1 heterocycles. The highest BCUT2D eigenvalue weighted by atomic mass is 16.5. The minimum Gasteiger partial charge on any atom is -0.445 e. The Morgan fingerprint density at radius 2 is 1.84 bits per heavy atom. The fourth-order valence-corrected chi connectivity index (χ4v) is 3.17. The number of hydrogen-bond acceptors (Lipinski definition) is 6. The monoisotopic (exact) mass is 430 g/mol. The summed E-state index contributed by atoms with van der Waals surface area (Å²) in [5.41, 5.74) is 7.36. The summed E-state index contributed by atoms with van der Waals surface area (Å²) in [6, 6.07) is 4.69. The molecule has 2 amide bonds. The van der Waals surface area contributed by atoms with E-state index in [-0.39, 0.29) is 24.4 Å². The normalized spacial score (nSPS) is 11.9. The van der Waals surface area contributed by atoms with Crippen LogP contribution in [-0.2, 0) is 4.74 Å². The maximum Gasteiger partial charge on any atom is 0.253 e. The minimum absolute atomic E-state index is 0.115. The van der Waals surface area contributed by atoms with E-state index in [9.17, 15) is 9.59 Å². The third-order valence-electron chi connectivity index (χ3n) is 4.60. The van der Waals surface area contributed by atoms with E-state index in [0.717, 1.165) is 19.3 Å². The Morgan fingerprint density at radius 3 is 2.45 bits per heavy atom. The van der Waals surface area contributed by atoms with E-state index in [2.05, 4.69) is 10.3 Å². The van der Waals surface area contributed by atoms with Gasteiger partial charge in [-0.15, -0.1) is 0 Å². The van der Waals surface area contributed by atoms with Crippen molar-refractivity contribution in [3.63, 3.8) is 0 Å². The van der Waals surface area contributed by atoms with Crippen LogP contribution in [0.4, 0.5) is 0 Å².